The van der Waals surface area contributed by atoms with Gasteiger partial charge >= 0.3 is 0 Å². The Morgan fingerprint density at radius 2 is 2.16 bits per heavy atom. The zero-order valence-electron chi connectivity index (χ0n) is 12.9. The minimum atomic E-state index is 0.556. The second-order valence-corrected chi connectivity index (χ2v) is 5.24. The maximum atomic E-state index is 4.15. The molecule has 19 heavy (non-hydrogen) atoms. The first-order valence-corrected chi connectivity index (χ1v) is 6.99. The van der Waals surface area contributed by atoms with Gasteiger partial charge in [-0.05, 0) is 34.6 Å². The summed E-state index contributed by atoms with van der Waals surface area (Å²) in [6.07, 6.45) is 2.01. The van der Waals surface area contributed by atoms with Crippen LogP contribution in [0.5, 0.6) is 0 Å². The van der Waals surface area contributed by atoms with Gasteiger partial charge in [0, 0.05) is 31.9 Å². The molecule has 110 valence electrons. The van der Waals surface area contributed by atoms with Crippen molar-refractivity contribution in [1.29, 1.82) is 0 Å². The summed E-state index contributed by atoms with van der Waals surface area (Å²) in [7, 11) is 6.15. The van der Waals surface area contributed by atoms with E-state index in [1.54, 1.807) is 0 Å². The van der Waals surface area contributed by atoms with Crippen molar-refractivity contribution in [1.82, 2.24) is 30.1 Å². The maximum absolute atomic E-state index is 4.15. The molecular formula is C13H28N6. The van der Waals surface area contributed by atoms with Crippen molar-refractivity contribution in [2.75, 3.05) is 40.8 Å². The first kappa shape index (κ1) is 16.1. The van der Waals surface area contributed by atoms with E-state index in [0.29, 0.717) is 6.04 Å². The van der Waals surface area contributed by atoms with Crippen molar-refractivity contribution < 1.29 is 0 Å². The van der Waals surface area contributed by atoms with Crippen molar-refractivity contribution in [3.63, 3.8) is 0 Å². The van der Waals surface area contributed by atoms with Gasteiger partial charge in [0.2, 0.25) is 0 Å². The lowest BCUT2D eigenvalue weighted by molar-refractivity contribution is 0.173. The lowest BCUT2D eigenvalue weighted by atomic mass is 10.2. The van der Waals surface area contributed by atoms with Gasteiger partial charge in [-0.1, -0.05) is 12.1 Å². The molecule has 0 radical (unpaired) electrons. The number of aromatic nitrogens is 3. The Labute approximate surface area is 116 Å². The summed E-state index contributed by atoms with van der Waals surface area (Å²) in [6, 6.07) is 0.556. The third-order valence-corrected chi connectivity index (χ3v) is 3.22. The Morgan fingerprint density at radius 1 is 1.42 bits per heavy atom. The summed E-state index contributed by atoms with van der Waals surface area (Å²) in [5, 5.41) is 11.4. The third kappa shape index (κ3) is 5.67. The molecule has 0 fully saturated rings. The van der Waals surface area contributed by atoms with Gasteiger partial charge in [-0.2, -0.15) is 0 Å². The molecule has 0 amide bonds. The van der Waals surface area contributed by atoms with Crippen molar-refractivity contribution >= 4 is 0 Å². The zero-order chi connectivity index (χ0) is 14.3. The first-order chi connectivity index (χ1) is 9.06. The van der Waals surface area contributed by atoms with Crippen LogP contribution in [0.2, 0.25) is 0 Å². The average Bonchev–Trinajstić information content (AvgIpc) is 2.77. The molecule has 1 rings (SSSR count). The third-order valence-electron chi connectivity index (χ3n) is 3.22. The average molecular weight is 268 g/mol. The molecule has 0 aliphatic carbocycles. The monoisotopic (exact) mass is 268 g/mol. The van der Waals surface area contributed by atoms with E-state index >= 15 is 0 Å². The van der Waals surface area contributed by atoms with Gasteiger partial charge in [-0.3, -0.25) is 9.58 Å². The quantitative estimate of drug-likeness (QED) is 0.697. The summed E-state index contributed by atoms with van der Waals surface area (Å²) in [5.74, 6) is 0. The minimum absolute atomic E-state index is 0.556. The Hall–Kier alpha value is -0.980. The van der Waals surface area contributed by atoms with Gasteiger partial charge in [-0.15, -0.1) is 5.10 Å². The minimum Gasteiger partial charge on any atom is -0.314 e. The van der Waals surface area contributed by atoms with Crippen LogP contribution in [0.3, 0.4) is 0 Å². The van der Waals surface area contributed by atoms with Crippen molar-refractivity contribution in [2.45, 2.75) is 33.0 Å². The molecule has 1 atom stereocenters. The van der Waals surface area contributed by atoms with Gasteiger partial charge in [0.25, 0.3) is 0 Å². The molecule has 0 saturated carbocycles. The van der Waals surface area contributed by atoms with Gasteiger partial charge in [0.05, 0.1) is 12.2 Å². The van der Waals surface area contributed by atoms with E-state index in [-0.39, 0.29) is 0 Å². The Balaban J connectivity index is 2.43. The summed E-state index contributed by atoms with van der Waals surface area (Å²) < 4.78 is 1.93. The van der Waals surface area contributed by atoms with Crippen LogP contribution in [-0.4, -0.2) is 71.6 Å². The lowest BCUT2D eigenvalue weighted by Crippen LogP contribution is -2.41. The number of nitrogens with one attached hydrogen (secondary N) is 1. The SMILES string of the molecule is CCN(CCn1cc(CNC)nn1)C(C)CN(C)C. The van der Waals surface area contributed by atoms with Crippen LogP contribution in [-0.2, 0) is 13.1 Å². The topological polar surface area (TPSA) is 49.2 Å². The Morgan fingerprint density at radius 3 is 2.74 bits per heavy atom. The fourth-order valence-electron chi connectivity index (χ4n) is 2.27. The number of hydrogen-bond donors (Lipinski definition) is 1. The molecule has 1 aromatic heterocycles. The molecule has 6 nitrogen and oxygen atoms in total. The predicted octanol–water partition coefficient (Wildman–Crippen LogP) is 0.270. The van der Waals surface area contributed by atoms with Gasteiger partial charge < -0.3 is 10.2 Å². The number of likely N-dealkylation sites (N-methyl/N-ethyl adjacent to an activating group) is 2. The molecule has 0 spiro atoms. The van der Waals surface area contributed by atoms with E-state index in [1.165, 1.54) is 0 Å². The van der Waals surface area contributed by atoms with Crippen LogP contribution >= 0.6 is 0 Å². The number of nitrogens with zero attached hydrogens (tertiary/aromatic N) is 5. The molecule has 1 N–H and O–H groups in total. The van der Waals surface area contributed by atoms with Crippen molar-refractivity contribution in [2.24, 2.45) is 0 Å². The van der Waals surface area contributed by atoms with Crippen LogP contribution < -0.4 is 5.32 Å². The van der Waals surface area contributed by atoms with Crippen molar-refractivity contribution in [3.8, 4) is 0 Å². The largest absolute Gasteiger partial charge is 0.314 e. The van der Waals surface area contributed by atoms with E-state index < -0.39 is 0 Å². The second-order valence-electron chi connectivity index (χ2n) is 5.24. The van der Waals surface area contributed by atoms with E-state index in [9.17, 15) is 0 Å². The first-order valence-electron chi connectivity index (χ1n) is 6.99. The maximum Gasteiger partial charge on any atom is 0.0964 e. The fraction of sp³-hybridized carbons (Fsp3) is 0.846. The molecule has 0 bridgehead atoms. The molecule has 6 heteroatoms. The summed E-state index contributed by atoms with van der Waals surface area (Å²) in [6.45, 7) is 9.30. The Bertz CT molecular complexity index is 349. The van der Waals surface area contributed by atoms with E-state index in [1.807, 2.05) is 17.9 Å². The Kier molecular flexibility index (Phi) is 6.97. The van der Waals surface area contributed by atoms with Crippen molar-refractivity contribution in [3.05, 3.63) is 11.9 Å². The highest BCUT2D eigenvalue weighted by Gasteiger charge is 2.12. The molecule has 0 aliphatic rings. The highest BCUT2D eigenvalue weighted by atomic mass is 15.4. The van der Waals surface area contributed by atoms with Crippen LogP contribution in [0.25, 0.3) is 0 Å². The molecule has 1 aromatic rings. The normalized spacial score (nSPS) is 13.4. The summed E-state index contributed by atoms with van der Waals surface area (Å²) in [4.78, 5) is 4.70. The predicted molar refractivity (Wildman–Crippen MR) is 78.0 cm³/mol. The van der Waals surface area contributed by atoms with Crippen LogP contribution in [0.4, 0.5) is 0 Å². The highest BCUT2D eigenvalue weighted by Crippen LogP contribution is 2.01. The molecule has 1 heterocycles. The van der Waals surface area contributed by atoms with E-state index in [2.05, 4.69) is 53.4 Å². The van der Waals surface area contributed by atoms with Crippen LogP contribution in [0.1, 0.15) is 19.5 Å². The van der Waals surface area contributed by atoms with Gasteiger partial charge in [0.15, 0.2) is 0 Å². The molecule has 0 saturated heterocycles. The summed E-state index contributed by atoms with van der Waals surface area (Å²) in [5.41, 5.74) is 0.992. The van der Waals surface area contributed by atoms with Gasteiger partial charge in [0.1, 0.15) is 0 Å². The van der Waals surface area contributed by atoms with Crippen LogP contribution in [0, 0.1) is 0 Å². The highest BCUT2D eigenvalue weighted by molar-refractivity contribution is 4.91. The molecule has 0 aliphatic heterocycles. The number of rotatable bonds is 9. The second kappa shape index (κ2) is 8.24. The van der Waals surface area contributed by atoms with E-state index in [4.69, 9.17) is 0 Å². The van der Waals surface area contributed by atoms with E-state index in [0.717, 1.165) is 38.4 Å². The fourth-order valence-corrected chi connectivity index (χ4v) is 2.27. The molecule has 0 aromatic carbocycles. The standard InChI is InChI=1S/C13H28N6/c1-6-18(12(2)10-17(4)5)7-8-19-11-13(9-14-3)15-16-19/h11-12,14H,6-10H2,1-5H3. The number of hydrogen-bond acceptors (Lipinski definition) is 5. The zero-order valence-corrected chi connectivity index (χ0v) is 12.9. The summed E-state index contributed by atoms with van der Waals surface area (Å²) >= 11 is 0. The smallest absolute Gasteiger partial charge is 0.0964 e. The molecular weight excluding hydrogens is 240 g/mol. The van der Waals surface area contributed by atoms with Crippen LogP contribution in [0.15, 0.2) is 6.20 Å². The molecule has 1 unspecified atom stereocenters. The van der Waals surface area contributed by atoms with Gasteiger partial charge in [-0.25, -0.2) is 0 Å². The lowest BCUT2D eigenvalue weighted by Gasteiger charge is -2.29.